The van der Waals surface area contributed by atoms with Crippen molar-refractivity contribution >= 4 is 34.3 Å². The maximum absolute atomic E-state index is 12.8. The Morgan fingerprint density at radius 1 is 0.955 bits per heavy atom. The van der Waals surface area contributed by atoms with E-state index in [0.717, 1.165) is 27.9 Å². The number of imide groups is 1. The lowest BCUT2D eigenvalue weighted by atomic mass is 10.1. The molecule has 1 aliphatic rings. The van der Waals surface area contributed by atoms with Crippen molar-refractivity contribution in [3.63, 3.8) is 0 Å². The summed E-state index contributed by atoms with van der Waals surface area (Å²) in [6.07, 6.45) is 0. The van der Waals surface area contributed by atoms with Crippen LogP contribution in [0.25, 0.3) is 5.70 Å². The molecule has 0 aromatic heterocycles. The smallest absolute Gasteiger partial charge is 0.230 e. The molecule has 110 valence electrons. The van der Waals surface area contributed by atoms with Gasteiger partial charge in [-0.1, -0.05) is 36.4 Å². The summed E-state index contributed by atoms with van der Waals surface area (Å²) in [5.41, 5.74) is 2.34. The van der Waals surface area contributed by atoms with Gasteiger partial charge >= 0.3 is 11.1 Å². The van der Waals surface area contributed by atoms with E-state index in [-0.39, 0.29) is 15.6 Å². The van der Waals surface area contributed by atoms with E-state index in [4.69, 9.17) is 0 Å². The van der Waals surface area contributed by atoms with E-state index in [1.165, 1.54) is 6.92 Å². The van der Waals surface area contributed by atoms with E-state index in [1.807, 2.05) is 67.6 Å². The average Bonchev–Trinajstić information content (AvgIpc) is 2.80. The van der Waals surface area contributed by atoms with Crippen molar-refractivity contribution in [2.24, 2.45) is 0 Å². The van der Waals surface area contributed by atoms with Gasteiger partial charge in [-0.15, -0.1) is 4.48 Å². The SMILES string of the molecule is CC(=O)[N+]1(c2ccccc2)C(=O)SC(C)=C1c1ccccc1. The van der Waals surface area contributed by atoms with E-state index < -0.39 is 0 Å². The highest BCUT2D eigenvalue weighted by Gasteiger charge is 2.55. The van der Waals surface area contributed by atoms with Crippen LogP contribution in [0.5, 0.6) is 0 Å². The second kappa shape index (κ2) is 5.55. The van der Waals surface area contributed by atoms with Gasteiger partial charge < -0.3 is 0 Å². The summed E-state index contributed by atoms with van der Waals surface area (Å²) in [6, 6.07) is 18.9. The molecule has 0 saturated carbocycles. The maximum Gasteiger partial charge on any atom is 0.397 e. The Morgan fingerprint density at radius 3 is 2.05 bits per heavy atom. The van der Waals surface area contributed by atoms with Crippen LogP contribution in [-0.2, 0) is 4.79 Å². The first-order chi connectivity index (χ1) is 10.6. The molecule has 0 saturated heterocycles. The normalized spacial score (nSPS) is 21.3. The third-order valence-electron chi connectivity index (χ3n) is 3.85. The number of nitrogens with zero attached hydrogens (tertiary/aromatic N) is 1. The van der Waals surface area contributed by atoms with Crippen LogP contribution >= 0.6 is 11.8 Å². The highest BCUT2D eigenvalue weighted by molar-refractivity contribution is 8.17. The number of carbonyl (C=O) groups is 2. The molecule has 22 heavy (non-hydrogen) atoms. The molecular formula is C18H16NO2S+. The Balaban J connectivity index is 2.33. The first-order valence-corrected chi connectivity index (χ1v) is 7.85. The van der Waals surface area contributed by atoms with Crippen molar-refractivity contribution in [3.05, 3.63) is 71.1 Å². The first kappa shape index (κ1) is 14.8. The predicted molar refractivity (Wildman–Crippen MR) is 90.9 cm³/mol. The fourth-order valence-electron chi connectivity index (χ4n) is 2.92. The Morgan fingerprint density at radius 2 is 1.50 bits per heavy atom. The largest absolute Gasteiger partial charge is 0.397 e. The molecule has 0 fully saturated rings. The minimum atomic E-state index is -0.360. The van der Waals surface area contributed by atoms with Gasteiger partial charge in [0.2, 0.25) is 0 Å². The van der Waals surface area contributed by atoms with Crippen molar-refractivity contribution in [2.75, 3.05) is 0 Å². The Kier molecular flexibility index (Phi) is 3.72. The molecule has 2 amide bonds. The van der Waals surface area contributed by atoms with Crippen LogP contribution in [0.2, 0.25) is 0 Å². The number of thioether (sulfide) groups is 1. The Hall–Kier alpha value is -2.17. The van der Waals surface area contributed by atoms with E-state index in [0.29, 0.717) is 5.69 Å². The number of hydrogen-bond acceptors (Lipinski definition) is 3. The number of carbonyl (C=O) groups excluding carboxylic acids is 2. The third-order valence-corrected chi connectivity index (χ3v) is 4.79. The van der Waals surface area contributed by atoms with E-state index in [9.17, 15) is 9.59 Å². The van der Waals surface area contributed by atoms with Crippen molar-refractivity contribution in [3.8, 4) is 0 Å². The topological polar surface area (TPSA) is 34.1 Å². The molecule has 1 unspecified atom stereocenters. The van der Waals surface area contributed by atoms with Crippen molar-refractivity contribution in [1.82, 2.24) is 4.48 Å². The van der Waals surface area contributed by atoms with Crippen LogP contribution in [0.15, 0.2) is 65.6 Å². The van der Waals surface area contributed by atoms with Gasteiger partial charge in [-0.05, 0) is 19.1 Å². The molecule has 1 atom stereocenters. The van der Waals surface area contributed by atoms with Gasteiger partial charge in [0.25, 0.3) is 0 Å². The zero-order valence-electron chi connectivity index (χ0n) is 12.4. The molecule has 3 nitrogen and oxygen atoms in total. The Labute approximate surface area is 133 Å². The maximum atomic E-state index is 12.8. The van der Waals surface area contributed by atoms with Crippen molar-refractivity contribution in [2.45, 2.75) is 13.8 Å². The average molecular weight is 310 g/mol. The monoisotopic (exact) mass is 310 g/mol. The van der Waals surface area contributed by atoms with Crippen molar-refractivity contribution < 1.29 is 9.59 Å². The molecule has 0 bridgehead atoms. The van der Waals surface area contributed by atoms with Crippen LogP contribution in [0.1, 0.15) is 19.4 Å². The molecule has 2 aromatic carbocycles. The van der Waals surface area contributed by atoms with Crippen LogP contribution in [-0.4, -0.2) is 11.1 Å². The third kappa shape index (κ3) is 2.03. The van der Waals surface area contributed by atoms with Gasteiger partial charge in [0.15, 0.2) is 11.4 Å². The van der Waals surface area contributed by atoms with Gasteiger partial charge in [-0.2, -0.15) is 0 Å². The van der Waals surface area contributed by atoms with E-state index in [2.05, 4.69) is 0 Å². The quantitative estimate of drug-likeness (QED) is 0.747. The highest BCUT2D eigenvalue weighted by atomic mass is 32.2. The minimum absolute atomic E-state index is 0.171. The number of amides is 2. The molecular weight excluding hydrogens is 294 g/mol. The van der Waals surface area contributed by atoms with Gasteiger partial charge in [0.05, 0.1) is 11.8 Å². The standard InChI is InChI=1S/C18H16NO2S/c1-13-17(15-9-5-3-6-10-15)19(14(2)20,18(21)22-13)16-11-7-4-8-12-16/h3-12H,1-2H3/q+1. The number of quaternary nitrogens is 1. The number of benzene rings is 2. The number of allylic oxidation sites excluding steroid dienone is 1. The molecule has 1 heterocycles. The van der Waals surface area contributed by atoms with E-state index >= 15 is 0 Å². The van der Waals surface area contributed by atoms with Crippen LogP contribution in [0.4, 0.5) is 10.5 Å². The lowest BCUT2D eigenvalue weighted by Gasteiger charge is -2.28. The van der Waals surface area contributed by atoms with Gasteiger partial charge in [0, 0.05) is 29.5 Å². The summed E-state index contributed by atoms with van der Waals surface area (Å²) in [5.74, 6) is -0.195. The highest BCUT2D eigenvalue weighted by Crippen LogP contribution is 2.48. The molecule has 0 N–H and O–H groups in total. The fraction of sp³-hybridized carbons (Fsp3) is 0.111. The number of rotatable bonds is 2. The number of para-hydroxylation sites is 1. The molecule has 0 radical (unpaired) electrons. The second-order valence-electron chi connectivity index (χ2n) is 5.16. The molecule has 3 rings (SSSR count). The molecule has 0 spiro atoms. The molecule has 1 aliphatic heterocycles. The minimum Gasteiger partial charge on any atom is -0.230 e. The summed E-state index contributed by atoms with van der Waals surface area (Å²) >= 11 is 1.15. The molecule has 0 aliphatic carbocycles. The first-order valence-electron chi connectivity index (χ1n) is 7.03. The zero-order chi connectivity index (χ0) is 15.7. The lowest BCUT2D eigenvalue weighted by molar-refractivity contribution is -0.122. The predicted octanol–water partition coefficient (Wildman–Crippen LogP) is 4.80. The van der Waals surface area contributed by atoms with Crippen LogP contribution in [0.3, 0.4) is 0 Å². The number of hydrogen-bond donors (Lipinski definition) is 0. The summed E-state index contributed by atoms with van der Waals surface area (Å²) < 4.78 is -0.360. The van der Waals surface area contributed by atoms with Gasteiger partial charge in [-0.3, -0.25) is 0 Å². The summed E-state index contributed by atoms with van der Waals surface area (Å²) in [7, 11) is 0. The second-order valence-corrected chi connectivity index (χ2v) is 6.33. The summed E-state index contributed by atoms with van der Waals surface area (Å²) in [4.78, 5) is 26.3. The summed E-state index contributed by atoms with van der Waals surface area (Å²) in [5, 5.41) is -0.171. The molecule has 2 aromatic rings. The fourth-order valence-corrected chi connectivity index (χ4v) is 4.00. The van der Waals surface area contributed by atoms with Crippen LogP contribution in [0, 0.1) is 0 Å². The summed E-state index contributed by atoms with van der Waals surface area (Å²) in [6.45, 7) is 3.38. The van der Waals surface area contributed by atoms with Crippen LogP contribution < -0.4 is 4.48 Å². The van der Waals surface area contributed by atoms with Crippen molar-refractivity contribution in [1.29, 1.82) is 0 Å². The molecule has 4 heteroatoms. The Bertz CT molecular complexity index is 768. The van der Waals surface area contributed by atoms with Gasteiger partial charge in [0.1, 0.15) is 0 Å². The van der Waals surface area contributed by atoms with E-state index in [1.54, 1.807) is 0 Å². The lowest BCUT2D eigenvalue weighted by Crippen LogP contribution is -2.51. The van der Waals surface area contributed by atoms with Gasteiger partial charge in [-0.25, -0.2) is 9.59 Å². The zero-order valence-corrected chi connectivity index (χ0v) is 13.3.